The number of nitrogens with two attached hydrogens (primary N) is 1. The first-order chi connectivity index (χ1) is 10.2. The Bertz CT molecular complexity index is 780. The van der Waals surface area contributed by atoms with Gasteiger partial charge in [-0.3, -0.25) is 0 Å². The standard InChI is InChI=1S/C18H15BrFN/c19-18-13(7-4-10-16(18)20)11-17(21)15-9-3-6-12-5-1-2-8-14(12)15/h1-10,17H,11,21H2. The summed E-state index contributed by atoms with van der Waals surface area (Å²) in [5.74, 6) is -0.252. The number of hydrogen-bond acceptors (Lipinski definition) is 1. The van der Waals surface area contributed by atoms with Crippen LogP contribution in [0.3, 0.4) is 0 Å². The van der Waals surface area contributed by atoms with Crippen LogP contribution in [-0.2, 0) is 6.42 Å². The molecule has 21 heavy (non-hydrogen) atoms. The molecule has 3 aromatic rings. The van der Waals surface area contributed by atoms with Gasteiger partial charge in [0.25, 0.3) is 0 Å². The molecule has 3 aromatic carbocycles. The summed E-state index contributed by atoms with van der Waals surface area (Å²) in [6, 6.07) is 19.2. The molecule has 0 amide bonds. The zero-order chi connectivity index (χ0) is 14.8. The molecular formula is C18H15BrFN. The molecule has 0 aliphatic carbocycles. The Hall–Kier alpha value is -1.71. The lowest BCUT2D eigenvalue weighted by atomic mass is 9.95. The van der Waals surface area contributed by atoms with Crippen LogP contribution in [0, 0.1) is 5.82 Å². The van der Waals surface area contributed by atoms with Crippen LogP contribution in [0.4, 0.5) is 4.39 Å². The van der Waals surface area contributed by atoms with Crippen molar-refractivity contribution in [3.8, 4) is 0 Å². The highest BCUT2D eigenvalue weighted by molar-refractivity contribution is 9.10. The molecule has 0 saturated heterocycles. The lowest BCUT2D eigenvalue weighted by Crippen LogP contribution is -2.14. The van der Waals surface area contributed by atoms with Crippen LogP contribution >= 0.6 is 15.9 Å². The van der Waals surface area contributed by atoms with Crippen molar-refractivity contribution in [2.45, 2.75) is 12.5 Å². The largest absolute Gasteiger partial charge is 0.324 e. The molecule has 1 nitrogen and oxygen atoms in total. The second-order valence-corrected chi connectivity index (χ2v) is 5.88. The summed E-state index contributed by atoms with van der Waals surface area (Å²) in [4.78, 5) is 0. The van der Waals surface area contributed by atoms with Crippen molar-refractivity contribution < 1.29 is 4.39 Å². The minimum absolute atomic E-state index is 0.172. The van der Waals surface area contributed by atoms with Crippen molar-refractivity contribution >= 4 is 26.7 Å². The lowest BCUT2D eigenvalue weighted by Gasteiger charge is -2.16. The van der Waals surface area contributed by atoms with Gasteiger partial charge in [-0.05, 0) is 50.3 Å². The Kier molecular flexibility index (Phi) is 4.04. The molecule has 0 spiro atoms. The molecule has 0 bridgehead atoms. The second-order valence-electron chi connectivity index (χ2n) is 5.09. The summed E-state index contributed by atoms with van der Waals surface area (Å²) in [5, 5.41) is 2.32. The summed E-state index contributed by atoms with van der Waals surface area (Å²) in [6.07, 6.45) is 0.590. The van der Waals surface area contributed by atoms with E-state index in [-0.39, 0.29) is 11.9 Å². The first kappa shape index (κ1) is 14.2. The van der Waals surface area contributed by atoms with Crippen LogP contribution in [0.2, 0.25) is 0 Å². The maximum Gasteiger partial charge on any atom is 0.137 e. The molecule has 0 heterocycles. The highest BCUT2D eigenvalue weighted by atomic mass is 79.9. The van der Waals surface area contributed by atoms with Gasteiger partial charge in [-0.25, -0.2) is 4.39 Å². The zero-order valence-corrected chi connectivity index (χ0v) is 13.0. The van der Waals surface area contributed by atoms with E-state index in [0.29, 0.717) is 10.9 Å². The number of halogens is 2. The highest BCUT2D eigenvalue weighted by Gasteiger charge is 2.13. The van der Waals surface area contributed by atoms with Crippen LogP contribution in [-0.4, -0.2) is 0 Å². The molecular weight excluding hydrogens is 329 g/mol. The molecule has 0 saturated carbocycles. The molecule has 0 radical (unpaired) electrons. The number of fused-ring (bicyclic) bond motifs is 1. The van der Waals surface area contributed by atoms with Gasteiger partial charge in [0.1, 0.15) is 5.82 Å². The van der Waals surface area contributed by atoms with Gasteiger partial charge in [0.2, 0.25) is 0 Å². The van der Waals surface area contributed by atoms with Gasteiger partial charge in [0.05, 0.1) is 4.47 Å². The molecule has 1 atom stereocenters. The van der Waals surface area contributed by atoms with Gasteiger partial charge in [0, 0.05) is 6.04 Å². The molecule has 0 aromatic heterocycles. The molecule has 106 valence electrons. The summed E-state index contributed by atoms with van der Waals surface area (Å²) in [5.41, 5.74) is 8.34. The van der Waals surface area contributed by atoms with Crippen LogP contribution in [0.1, 0.15) is 17.2 Å². The summed E-state index contributed by atoms with van der Waals surface area (Å²) in [6.45, 7) is 0. The molecule has 3 rings (SSSR count). The van der Waals surface area contributed by atoms with Crippen LogP contribution in [0.15, 0.2) is 65.1 Å². The van der Waals surface area contributed by atoms with Crippen molar-refractivity contribution in [1.82, 2.24) is 0 Å². The Morgan fingerprint density at radius 3 is 2.52 bits per heavy atom. The van der Waals surface area contributed by atoms with E-state index >= 15 is 0 Å². The van der Waals surface area contributed by atoms with Gasteiger partial charge < -0.3 is 5.73 Å². The average molecular weight is 344 g/mol. The predicted octanol–water partition coefficient (Wildman–Crippen LogP) is 4.98. The van der Waals surface area contributed by atoms with Crippen molar-refractivity contribution in [1.29, 1.82) is 0 Å². The normalized spacial score (nSPS) is 12.5. The Labute approximate surface area is 131 Å². The van der Waals surface area contributed by atoms with Gasteiger partial charge in [-0.15, -0.1) is 0 Å². The SMILES string of the molecule is NC(Cc1cccc(F)c1Br)c1cccc2ccccc12. The summed E-state index contributed by atoms with van der Waals surface area (Å²) < 4.78 is 14.1. The Morgan fingerprint density at radius 2 is 1.67 bits per heavy atom. The van der Waals surface area contributed by atoms with Crippen molar-refractivity contribution in [3.63, 3.8) is 0 Å². The maximum absolute atomic E-state index is 13.6. The monoisotopic (exact) mass is 343 g/mol. The Morgan fingerprint density at radius 1 is 0.952 bits per heavy atom. The predicted molar refractivity (Wildman–Crippen MR) is 88.7 cm³/mol. The van der Waals surface area contributed by atoms with Crippen molar-refractivity contribution in [2.24, 2.45) is 5.73 Å². The van der Waals surface area contributed by atoms with Gasteiger partial charge in [0.15, 0.2) is 0 Å². The third-order valence-corrected chi connectivity index (χ3v) is 4.58. The number of hydrogen-bond donors (Lipinski definition) is 1. The molecule has 0 aliphatic heterocycles. The van der Waals surface area contributed by atoms with E-state index in [1.807, 2.05) is 30.3 Å². The number of benzene rings is 3. The molecule has 1 unspecified atom stereocenters. The fraction of sp³-hybridized carbons (Fsp3) is 0.111. The smallest absolute Gasteiger partial charge is 0.137 e. The zero-order valence-electron chi connectivity index (χ0n) is 11.4. The summed E-state index contributed by atoms with van der Waals surface area (Å²) in [7, 11) is 0. The number of rotatable bonds is 3. The maximum atomic E-state index is 13.6. The van der Waals surface area contributed by atoms with E-state index in [2.05, 4.69) is 34.1 Å². The van der Waals surface area contributed by atoms with E-state index in [4.69, 9.17) is 5.73 Å². The molecule has 3 heteroatoms. The quantitative estimate of drug-likeness (QED) is 0.712. The lowest BCUT2D eigenvalue weighted by molar-refractivity contribution is 0.614. The van der Waals surface area contributed by atoms with Crippen LogP contribution < -0.4 is 5.73 Å². The molecule has 2 N–H and O–H groups in total. The fourth-order valence-electron chi connectivity index (χ4n) is 2.63. The minimum Gasteiger partial charge on any atom is -0.324 e. The highest BCUT2D eigenvalue weighted by Crippen LogP contribution is 2.28. The fourth-order valence-corrected chi connectivity index (χ4v) is 3.05. The third kappa shape index (κ3) is 2.85. The van der Waals surface area contributed by atoms with Gasteiger partial charge in [-0.2, -0.15) is 0 Å². The van der Waals surface area contributed by atoms with Crippen LogP contribution in [0.5, 0.6) is 0 Å². The van der Waals surface area contributed by atoms with Gasteiger partial charge in [-0.1, -0.05) is 54.6 Å². The van der Waals surface area contributed by atoms with Crippen molar-refractivity contribution in [2.75, 3.05) is 0 Å². The third-order valence-electron chi connectivity index (χ3n) is 3.69. The minimum atomic E-state index is -0.252. The molecule has 0 fully saturated rings. The van der Waals surface area contributed by atoms with Crippen LogP contribution in [0.25, 0.3) is 10.8 Å². The van der Waals surface area contributed by atoms with E-state index < -0.39 is 0 Å². The average Bonchev–Trinajstić information content (AvgIpc) is 2.51. The van der Waals surface area contributed by atoms with Gasteiger partial charge >= 0.3 is 0 Å². The first-order valence-corrected chi connectivity index (χ1v) is 7.62. The van der Waals surface area contributed by atoms with E-state index in [1.165, 1.54) is 11.5 Å². The van der Waals surface area contributed by atoms with E-state index in [0.717, 1.165) is 16.5 Å². The second kappa shape index (κ2) is 5.96. The topological polar surface area (TPSA) is 26.0 Å². The first-order valence-electron chi connectivity index (χ1n) is 6.83. The Balaban J connectivity index is 1.97. The van der Waals surface area contributed by atoms with E-state index in [1.54, 1.807) is 6.07 Å². The summed E-state index contributed by atoms with van der Waals surface area (Å²) >= 11 is 3.30. The van der Waals surface area contributed by atoms with E-state index in [9.17, 15) is 4.39 Å². The molecule has 0 aliphatic rings. The van der Waals surface area contributed by atoms with Crippen molar-refractivity contribution in [3.05, 3.63) is 82.1 Å².